The van der Waals surface area contributed by atoms with Crippen LogP contribution >= 0.6 is 0 Å². The van der Waals surface area contributed by atoms with Crippen LogP contribution in [0.2, 0.25) is 0 Å². The summed E-state index contributed by atoms with van der Waals surface area (Å²) in [5.74, 6) is 0.137. The van der Waals surface area contributed by atoms with E-state index in [1.165, 1.54) is 18.8 Å². The van der Waals surface area contributed by atoms with Gasteiger partial charge in [0, 0.05) is 30.3 Å². The third-order valence-electron chi connectivity index (χ3n) is 6.16. The summed E-state index contributed by atoms with van der Waals surface area (Å²) in [6.45, 7) is 11.7. The fraction of sp³-hybridized carbons (Fsp3) is 0.500. The van der Waals surface area contributed by atoms with Gasteiger partial charge in [-0.3, -0.25) is 9.59 Å². The van der Waals surface area contributed by atoms with Crippen LogP contribution < -0.4 is 0 Å². The molecule has 4 nitrogen and oxygen atoms in total. The van der Waals surface area contributed by atoms with E-state index in [1.807, 2.05) is 33.8 Å². The van der Waals surface area contributed by atoms with Crippen LogP contribution in [0.5, 0.6) is 0 Å². The molecule has 0 radical (unpaired) electrons. The van der Waals surface area contributed by atoms with Crippen molar-refractivity contribution in [2.24, 2.45) is 23.7 Å². The Morgan fingerprint density at radius 2 is 1.80 bits per heavy atom. The molecule has 0 N–H and O–H groups in total. The summed E-state index contributed by atoms with van der Waals surface area (Å²) in [5.41, 5.74) is 5.54. The Kier molecular flexibility index (Phi) is 7.94. The Hall–Kier alpha value is -2.49. The van der Waals surface area contributed by atoms with Gasteiger partial charge in [0.05, 0.1) is 7.11 Å². The predicted octanol–water partition coefficient (Wildman–Crippen LogP) is 5.32. The van der Waals surface area contributed by atoms with E-state index < -0.39 is 5.97 Å². The van der Waals surface area contributed by atoms with E-state index >= 15 is 0 Å². The molecule has 2 aliphatic carbocycles. The van der Waals surface area contributed by atoms with Gasteiger partial charge in [-0.1, -0.05) is 66.0 Å². The Bertz CT molecular complexity index is 879. The molecule has 1 saturated carbocycles. The summed E-state index contributed by atoms with van der Waals surface area (Å²) in [7, 11) is 1.35. The van der Waals surface area contributed by atoms with Crippen LogP contribution in [0, 0.1) is 23.7 Å². The third-order valence-corrected chi connectivity index (χ3v) is 6.16. The molecule has 4 atom stereocenters. The van der Waals surface area contributed by atoms with Gasteiger partial charge >= 0.3 is 5.97 Å². The quantitative estimate of drug-likeness (QED) is 0.338. The molecule has 0 bridgehead atoms. The van der Waals surface area contributed by atoms with E-state index in [-0.39, 0.29) is 29.5 Å². The molecule has 0 aliphatic heterocycles. The van der Waals surface area contributed by atoms with Crippen molar-refractivity contribution in [2.75, 3.05) is 7.11 Å². The fourth-order valence-corrected chi connectivity index (χ4v) is 4.82. The van der Waals surface area contributed by atoms with Crippen LogP contribution in [0.15, 0.2) is 58.2 Å². The monoisotopic (exact) mass is 410 g/mol. The van der Waals surface area contributed by atoms with Gasteiger partial charge in [0.15, 0.2) is 0 Å². The number of fused-ring (bicyclic) bond motifs is 1. The summed E-state index contributed by atoms with van der Waals surface area (Å²) in [6, 6.07) is 0. The molecule has 0 aromatic carbocycles. The van der Waals surface area contributed by atoms with Crippen molar-refractivity contribution in [1.82, 2.24) is 0 Å². The Morgan fingerprint density at radius 1 is 1.13 bits per heavy atom. The molecule has 0 heterocycles. The summed E-state index contributed by atoms with van der Waals surface area (Å²) in [5, 5.41) is 0. The predicted molar refractivity (Wildman–Crippen MR) is 120 cm³/mol. The van der Waals surface area contributed by atoms with Gasteiger partial charge in [-0.05, 0) is 40.0 Å². The average Bonchev–Trinajstić information content (AvgIpc) is 2.66. The van der Waals surface area contributed by atoms with E-state index in [0.29, 0.717) is 12.2 Å². The number of ether oxygens (including phenoxy) is 1. The molecule has 1 fully saturated rings. The molecule has 0 aromatic heterocycles. The van der Waals surface area contributed by atoms with Gasteiger partial charge in [0.2, 0.25) is 0 Å². The zero-order valence-corrected chi connectivity index (χ0v) is 19.2. The van der Waals surface area contributed by atoms with Crippen LogP contribution in [0.3, 0.4) is 0 Å². The average molecular weight is 411 g/mol. The number of hydrogen-bond donors (Lipinski definition) is 0. The van der Waals surface area contributed by atoms with Crippen molar-refractivity contribution >= 4 is 17.5 Å². The first-order chi connectivity index (χ1) is 14.0. The normalized spacial score (nSPS) is 27.8. The van der Waals surface area contributed by atoms with E-state index in [0.717, 1.165) is 28.7 Å². The number of hydrogen-bond acceptors (Lipinski definition) is 4. The van der Waals surface area contributed by atoms with E-state index in [1.54, 1.807) is 13.0 Å². The van der Waals surface area contributed by atoms with Crippen LogP contribution in [0.4, 0.5) is 0 Å². The lowest BCUT2D eigenvalue weighted by Crippen LogP contribution is -2.39. The standard InChI is InChI=1S/C26H34O4/c1-15(8-9-24(28)30-7)10-16(2)11-23-22(14-19(5)27)17(3)12-21-13-18(4)26(29)20(6)25(21)23/h8-12,18,20,23,25H,13-14H2,1-7H3. The molecule has 4 unspecified atom stereocenters. The number of ketones is 2. The molecule has 0 aromatic rings. The molecule has 0 saturated heterocycles. The van der Waals surface area contributed by atoms with Gasteiger partial charge in [-0.25, -0.2) is 4.79 Å². The van der Waals surface area contributed by atoms with Crippen LogP contribution in [-0.2, 0) is 19.1 Å². The van der Waals surface area contributed by atoms with Gasteiger partial charge in [-0.2, -0.15) is 0 Å². The maximum atomic E-state index is 12.8. The highest BCUT2D eigenvalue weighted by atomic mass is 16.5. The van der Waals surface area contributed by atoms with Crippen molar-refractivity contribution in [1.29, 1.82) is 0 Å². The van der Waals surface area contributed by atoms with Crippen molar-refractivity contribution < 1.29 is 19.1 Å². The zero-order chi connectivity index (χ0) is 22.6. The molecule has 2 rings (SSSR count). The summed E-state index contributed by atoms with van der Waals surface area (Å²) >= 11 is 0. The highest BCUT2D eigenvalue weighted by Gasteiger charge is 2.42. The minimum Gasteiger partial charge on any atom is -0.466 e. The maximum Gasteiger partial charge on any atom is 0.330 e. The smallest absolute Gasteiger partial charge is 0.330 e. The lowest BCUT2D eigenvalue weighted by Gasteiger charge is -2.42. The van der Waals surface area contributed by atoms with Gasteiger partial charge < -0.3 is 4.74 Å². The van der Waals surface area contributed by atoms with Gasteiger partial charge in [0.25, 0.3) is 0 Å². The summed E-state index contributed by atoms with van der Waals surface area (Å²) in [4.78, 5) is 36.1. The molecular formula is C26H34O4. The van der Waals surface area contributed by atoms with E-state index in [2.05, 4.69) is 23.8 Å². The number of rotatable bonds is 6. The number of carbonyl (C=O) groups excluding carboxylic acids is 3. The summed E-state index contributed by atoms with van der Waals surface area (Å²) in [6.07, 6.45) is 10.7. The molecule has 2 aliphatic rings. The van der Waals surface area contributed by atoms with Crippen molar-refractivity contribution in [3.63, 3.8) is 0 Å². The van der Waals surface area contributed by atoms with Crippen molar-refractivity contribution in [2.45, 2.75) is 54.4 Å². The summed E-state index contributed by atoms with van der Waals surface area (Å²) < 4.78 is 4.64. The lowest BCUT2D eigenvalue weighted by molar-refractivity contribution is -0.135. The zero-order valence-electron chi connectivity index (χ0n) is 19.2. The second kappa shape index (κ2) is 10.0. The van der Waals surface area contributed by atoms with Crippen LogP contribution in [0.25, 0.3) is 0 Å². The molecular weight excluding hydrogens is 376 g/mol. The minimum atomic E-state index is -0.391. The fourth-order valence-electron chi connectivity index (χ4n) is 4.82. The maximum absolute atomic E-state index is 12.8. The Morgan fingerprint density at radius 3 is 2.40 bits per heavy atom. The first-order valence-electron chi connectivity index (χ1n) is 10.6. The highest BCUT2D eigenvalue weighted by molar-refractivity contribution is 5.86. The van der Waals surface area contributed by atoms with Crippen molar-refractivity contribution in [3.05, 3.63) is 58.2 Å². The molecule has 4 heteroatoms. The van der Waals surface area contributed by atoms with Crippen LogP contribution in [-0.4, -0.2) is 24.6 Å². The highest BCUT2D eigenvalue weighted by Crippen LogP contribution is 2.47. The van der Waals surface area contributed by atoms with Crippen molar-refractivity contribution in [3.8, 4) is 0 Å². The first kappa shape index (κ1) is 23.8. The number of esters is 1. The Balaban J connectivity index is 2.46. The number of Topliss-reactive ketones (excluding diaryl/α,β-unsaturated/α-hetero) is 2. The molecule has 0 amide bonds. The molecule has 30 heavy (non-hydrogen) atoms. The first-order valence-corrected chi connectivity index (χ1v) is 10.6. The number of allylic oxidation sites excluding steroid dienone is 9. The molecule has 0 spiro atoms. The molecule has 162 valence electrons. The number of carbonyl (C=O) groups is 3. The third kappa shape index (κ3) is 5.56. The SMILES string of the molecule is COC(=O)C=CC(C)=CC(C)=CC1C(CC(C)=O)=C(C)C=C2CC(C)C(=O)C(C)C21. The number of methoxy groups -OCH3 is 1. The van der Waals surface area contributed by atoms with Gasteiger partial charge in [-0.15, -0.1) is 0 Å². The van der Waals surface area contributed by atoms with E-state index in [4.69, 9.17) is 0 Å². The topological polar surface area (TPSA) is 60.4 Å². The second-order valence-electron chi connectivity index (χ2n) is 8.81. The lowest BCUT2D eigenvalue weighted by atomic mass is 9.61. The minimum absolute atomic E-state index is 0.0222. The van der Waals surface area contributed by atoms with Gasteiger partial charge in [0.1, 0.15) is 11.6 Å². The van der Waals surface area contributed by atoms with Crippen LogP contribution in [0.1, 0.15) is 54.4 Å². The van der Waals surface area contributed by atoms with E-state index in [9.17, 15) is 14.4 Å². The second-order valence-corrected chi connectivity index (χ2v) is 8.81. The Labute approximate surface area is 180 Å². The largest absolute Gasteiger partial charge is 0.466 e.